The average Bonchev–Trinajstić information content (AvgIpc) is 3.60. The van der Waals surface area contributed by atoms with Gasteiger partial charge in [0.1, 0.15) is 0 Å². The van der Waals surface area contributed by atoms with Crippen LogP contribution >= 0.6 is 0 Å². The van der Waals surface area contributed by atoms with E-state index in [4.69, 9.17) is 15.0 Å². The Morgan fingerprint density at radius 2 is 0.825 bits per heavy atom. The fourth-order valence-corrected chi connectivity index (χ4v) is 7.97. The smallest absolute Gasteiger partial charge is 0.166 e. The van der Waals surface area contributed by atoms with E-state index in [0.717, 1.165) is 55.7 Å². The summed E-state index contributed by atoms with van der Waals surface area (Å²) in [6.45, 7) is 4.35. The van der Waals surface area contributed by atoms with Gasteiger partial charge in [-0.05, 0) is 94.8 Å². The van der Waals surface area contributed by atoms with Gasteiger partial charge in [-0.1, -0.05) is 140 Å². The van der Waals surface area contributed by atoms with Crippen molar-refractivity contribution in [1.82, 2.24) is 24.5 Å². The predicted molar refractivity (Wildman–Crippen MR) is 234 cm³/mol. The third kappa shape index (κ3) is 6.25. The summed E-state index contributed by atoms with van der Waals surface area (Å²) in [7, 11) is 0. The van der Waals surface area contributed by atoms with Crippen LogP contribution in [0.4, 0.5) is 0 Å². The minimum Gasteiger partial charge on any atom is -0.308 e. The summed E-state index contributed by atoms with van der Waals surface area (Å²) in [6.07, 6.45) is 3.67. The number of pyridine rings is 1. The summed E-state index contributed by atoms with van der Waals surface area (Å²) in [5.41, 5.74) is 15.2. The molecule has 0 unspecified atom stereocenters. The normalized spacial score (nSPS) is 11.3. The first-order chi connectivity index (χ1) is 28.1. The van der Waals surface area contributed by atoms with Crippen LogP contribution in [0.25, 0.3) is 95.0 Å². The summed E-state index contributed by atoms with van der Waals surface area (Å²) < 4.78 is 2.41. The van der Waals surface area contributed by atoms with Crippen molar-refractivity contribution in [2.75, 3.05) is 0 Å². The zero-order valence-corrected chi connectivity index (χ0v) is 31.6. The van der Waals surface area contributed by atoms with Gasteiger partial charge < -0.3 is 4.57 Å². The van der Waals surface area contributed by atoms with E-state index in [0.29, 0.717) is 17.5 Å². The molecule has 3 aromatic heterocycles. The van der Waals surface area contributed by atoms with Gasteiger partial charge in [0.05, 0.1) is 16.7 Å². The number of benzene rings is 7. The molecule has 0 saturated heterocycles. The summed E-state index contributed by atoms with van der Waals surface area (Å²) >= 11 is 0. The van der Waals surface area contributed by atoms with Crippen molar-refractivity contribution >= 4 is 21.8 Å². The van der Waals surface area contributed by atoms with Gasteiger partial charge >= 0.3 is 0 Å². The van der Waals surface area contributed by atoms with Crippen molar-refractivity contribution in [2.24, 2.45) is 0 Å². The Kier molecular flexibility index (Phi) is 8.53. The van der Waals surface area contributed by atoms with Crippen LogP contribution in [0.5, 0.6) is 0 Å². The van der Waals surface area contributed by atoms with Gasteiger partial charge in [0.15, 0.2) is 17.5 Å². The molecule has 57 heavy (non-hydrogen) atoms. The third-order valence-electron chi connectivity index (χ3n) is 10.9. The Bertz CT molecular complexity index is 2920. The molecule has 0 N–H and O–H groups in total. The SMILES string of the molecule is Cc1ccccc1-c1ccc2c3ccc(-c4ccccc4C)cc3n(-c3ccc(-c4ccncc4)cc3-c3nc(-c4ccccc4)nc(-c4ccccc4)n3)c2c1. The van der Waals surface area contributed by atoms with E-state index in [1.54, 1.807) is 0 Å². The highest BCUT2D eigenvalue weighted by atomic mass is 15.1. The Morgan fingerprint density at radius 1 is 0.351 bits per heavy atom. The number of nitrogens with zero attached hydrogens (tertiary/aromatic N) is 5. The molecule has 0 atom stereocenters. The molecule has 0 fully saturated rings. The van der Waals surface area contributed by atoms with Crippen LogP contribution < -0.4 is 0 Å². The summed E-state index contributed by atoms with van der Waals surface area (Å²) in [6, 6.07) is 61.9. The Labute approximate surface area is 331 Å². The summed E-state index contributed by atoms with van der Waals surface area (Å²) in [4.78, 5) is 19.9. The molecule has 0 radical (unpaired) electrons. The molecule has 0 saturated carbocycles. The van der Waals surface area contributed by atoms with Crippen LogP contribution in [0.15, 0.2) is 188 Å². The van der Waals surface area contributed by atoms with E-state index in [-0.39, 0.29) is 0 Å². The minimum atomic E-state index is 0.591. The van der Waals surface area contributed by atoms with Crippen molar-refractivity contribution in [1.29, 1.82) is 0 Å². The molecule has 0 aliphatic rings. The number of hydrogen-bond acceptors (Lipinski definition) is 4. The molecule has 0 bridgehead atoms. The lowest BCUT2D eigenvalue weighted by Gasteiger charge is -2.17. The molecule has 0 aliphatic carbocycles. The molecular weight excluding hydrogens is 695 g/mol. The van der Waals surface area contributed by atoms with Gasteiger partial charge in [0.25, 0.3) is 0 Å². The second-order valence-corrected chi connectivity index (χ2v) is 14.4. The largest absolute Gasteiger partial charge is 0.308 e. The molecular formula is C52H37N5. The van der Waals surface area contributed by atoms with Crippen molar-refractivity contribution in [3.8, 4) is 73.2 Å². The maximum Gasteiger partial charge on any atom is 0.166 e. The number of aryl methyl sites for hydroxylation is 2. The zero-order chi connectivity index (χ0) is 38.3. The van der Waals surface area contributed by atoms with E-state index in [1.807, 2.05) is 60.9 Å². The number of rotatable bonds is 7. The Morgan fingerprint density at radius 3 is 1.35 bits per heavy atom. The van der Waals surface area contributed by atoms with E-state index in [2.05, 4.69) is 151 Å². The summed E-state index contributed by atoms with van der Waals surface area (Å²) in [5, 5.41) is 2.35. The van der Waals surface area contributed by atoms with E-state index in [1.165, 1.54) is 33.0 Å². The zero-order valence-electron chi connectivity index (χ0n) is 31.6. The van der Waals surface area contributed by atoms with Gasteiger partial charge in [0, 0.05) is 39.9 Å². The standard InChI is InChI=1S/C52H37N5/c1-34-13-9-11-19-42(34)40-21-24-44-45-25-22-41(43-20-12-10-14-35(43)2)33-49(45)57(48(44)32-40)47-26-23-39(36-27-29-53-30-28-36)31-46(47)52-55-50(37-15-5-3-6-16-37)54-51(56-52)38-17-7-4-8-18-38/h3-33H,1-2H3. The molecule has 10 rings (SSSR count). The van der Waals surface area contributed by atoms with Crippen LogP contribution in [-0.2, 0) is 0 Å². The fraction of sp³-hybridized carbons (Fsp3) is 0.0385. The highest BCUT2D eigenvalue weighted by molar-refractivity contribution is 6.11. The van der Waals surface area contributed by atoms with E-state index < -0.39 is 0 Å². The first kappa shape index (κ1) is 34.0. The maximum absolute atomic E-state index is 5.27. The lowest BCUT2D eigenvalue weighted by molar-refractivity contribution is 1.06. The quantitative estimate of drug-likeness (QED) is 0.164. The van der Waals surface area contributed by atoms with Gasteiger partial charge in [-0.2, -0.15) is 0 Å². The second-order valence-electron chi connectivity index (χ2n) is 14.4. The second kappa shape index (κ2) is 14.3. The van der Waals surface area contributed by atoms with Gasteiger partial charge in [-0.3, -0.25) is 4.98 Å². The predicted octanol–water partition coefficient (Wildman–Crippen LogP) is 13.0. The first-order valence-corrected chi connectivity index (χ1v) is 19.2. The molecule has 7 aromatic carbocycles. The third-order valence-corrected chi connectivity index (χ3v) is 10.9. The maximum atomic E-state index is 5.27. The van der Waals surface area contributed by atoms with E-state index in [9.17, 15) is 0 Å². The summed E-state index contributed by atoms with van der Waals surface area (Å²) in [5.74, 6) is 1.82. The van der Waals surface area contributed by atoms with Crippen LogP contribution in [0.3, 0.4) is 0 Å². The average molecular weight is 732 g/mol. The van der Waals surface area contributed by atoms with Gasteiger partial charge in [-0.15, -0.1) is 0 Å². The van der Waals surface area contributed by atoms with Gasteiger partial charge in [-0.25, -0.2) is 15.0 Å². The number of aromatic nitrogens is 5. The Hall–Kier alpha value is -7.50. The Balaban J connectivity index is 1.31. The lowest BCUT2D eigenvalue weighted by Crippen LogP contribution is -2.04. The van der Waals surface area contributed by atoms with Crippen LogP contribution in [0, 0.1) is 13.8 Å². The number of hydrogen-bond donors (Lipinski definition) is 0. The van der Waals surface area contributed by atoms with E-state index >= 15 is 0 Å². The molecule has 0 amide bonds. The highest BCUT2D eigenvalue weighted by Gasteiger charge is 2.22. The minimum absolute atomic E-state index is 0.591. The van der Waals surface area contributed by atoms with Gasteiger partial charge in [0.2, 0.25) is 0 Å². The first-order valence-electron chi connectivity index (χ1n) is 19.2. The van der Waals surface area contributed by atoms with Crippen LogP contribution in [0.2, 0.25) is 0 Å². The van der Waals surface area contributed by atoms with Crippen molar-refractivity contribution in [2.45, 2.75) is 13.8 Å². The molecule has 5 nitrogen and oxygen atoms in total. The fourth-order valence-electron chi connectivity index (χ4n) is 7.97. The molecule has 3 heterocycles. The molecule has 270 valence electrons. The molecule has 0 aliphatic heterocycles. The number of fused-ring (bicyclic) bond motifs is 3. The monoisotopic (exact) mass is 731 g/mol. The molecule has 5 heteroatoms. The highest BCUT2D eigenvalue weighted by Crippen LogP contribution is 2.41. The van der Waals surface area contributed by atoms with Crippen molar-refractivity contribution in [3.05, 3.63) is 199 Å². The molecule has 10 aromatic rings. The van der Waals surface area contributed by atoms with Crippen LogP contribution in [-0.4, -0.2) is 24.5 Å². The van der Waals surface area contributed by atoms with Crippen molar-refractivity contribution in [3.63, 3.8) is 0 Å². The van der Waals surface area contributed by atoms with Crippen molar-refractivity contribution < 1.29 is 0 Å². The lowest BCUT2D eigenvalue weighted by atomic mass is 9.98. The van der Waals surface area contributed by atoms with Crippen LogP contribution in [0.1, 0.15) is 11.1 Å². The molecule has 0 spiro atoms. The topological polar surface area (TPSA) is 56.5 Å².